The maximum Gasteiger partial charge on any atom is 0.239 e. The molecule has 3 aromatic heterocycles. The van der Waals surface area contributed by atoms with Gasteiger partial charge in [-0.1, -0.05) is 6.07 Å². The summed E-state index contributed by atoms with van der Waals surface area (Å²) in [6, 6.07) is 3.86. The van der Waals surface area contributed by atoms with E-state index < -0.39 is 5.54 Å². The number of piperazine rings is 1. The molecule has 0 unspecified atom stereocenters. The number of aryl methyl sites for hydroxylation is 3. The lowest BCUT2D eigenvalue weighted by atomic mass is 10.0. The molecule has 8 nitrogen and oxygen atoms in total. The molecular formula is C22H31N7O. The molecule has 4 rings (SSSR count). The quantitative estimate of drug-likeness (QED) is 0.668. The fourth-order valence-electron chi connectivity index (χ4n) is 4.39. The van der Waals surface area contributed by atoms with E-state index in [1.807, 2.05) is 52.5 Å². The van der Waals surface area contributed by atoms with Crippen LogP contribution in [0.1, 0.15) is 36.5 Å². The minimum Gasteiger partial charge on any atom is -0.343 e. The Hall–Kier alpha value is -2.71. The van der Waals surface area contributed by atoms with Crippen LogP contribution in [0.5, 0.6) is 0 Å². The highest BCUT2D eigenvalue weighted by atomic mass is 16.2. The fraction of sp³-hybridized carbons (Fsp3) is 0.500. The number of fused-ring (bicyclic) bond motifs is 1. The van der Waals surface area contributed by atoms with Crippen LogP contribution in [0, 0.1) is 13.8 Å². The third-order valence-corrected chi connectivity index (χ3v) is 5.84. The zero-order valence-electron chi connectivity index (χ0n) is 18.4. The normalized spacial score (nSPS) is 18.1. The molecule has 1 atom stereocenters. The summed E-state index contributed by atoms with van der Waals surface area (Å²) in [6.45, 7) is 11.2. The van der Waals surface area contributed by atoms with Crippen molar-refractivity contribution in [2.75, 3.05) is 19.6 Å². The van der Waals surface area contributed by atoms with Crippen LogP contribution in [0.3, 0.4) is 0 Å². The maximum absolute atomic E-state index is 13.4. The minimum atomic E-state index is -0.612. The van der Waals surface area contributed by atoms with Crippen molar-refractivity contribution in [2.45, 2.75) is 45.8 Å². The van der Waals surface area contributed by atoms with E-state index in [2.05, 4.69) is 38.0 Å². The lowest BCUT2D eigenvalue weighted by Gasteiger charge is -2.37. The van der Waals surface area contributed by atoms with Crippen LogP contribution >= 0.6 is 0 Å². The van der Waals surface area contributed by atoms with Gasteiger partial charge in [0.15, 0.2) is 0 Å². The van der Waals surface area contributed by atoms with E-state index in [1.165, 1.54) is 5.56 Å². The molecular weight excluding hydrogens is 378 g/mol. The van der Waals surface area contributed by atoms with Crippen molar-refractivity contribution in [3.63, 3.8) is 0 Å². The summed E-state index contributed by atoms with van der Waals surface area (Å²) in [5.74, 6) is 0.854. The lowest BCUT2D eigenvalue weighted by Crippen LogP contribution is -2.59. The Labute approximate surface area is 177 Å². The molecule has 1 aliphatic heterocycles. The van der Waals surface area contributed by atoms with Crippen molar-refractivity contribution in [1.82, 2.24) is 34.7 Å². The zero-order valence-corrected chi connectivity index (χ0v) is 18.4. The van der Waals surface area contributed by atoms with Crippen LogP contribution in [-0.2, 0) is 23.9 Å². The van der Waals surface area contributed by atoms with Gasteiger partial charge < -0.3 is 15.0 Å². The summed E-state index contributed by atoms with van der Waals surface area (Å²) in [5.41, 5.74) is 3.76. The number of nitrogens with one attached hydrogen (secondary N) is 2. The molecule has 3 aromatic rings. The highest BCUT2D eigenvalue weighted by Crippen LogP contribution is 2.25. The predicted molar refractivity (Wildman–Crippen MR) is 116 cm³/mol. The Balaban J connectivity index is 1.56. The third kappa shape index (κ3) is 3.85. The fourth-order valence-corrected chi connectivity index (χ4v) is 4.39. The van der Waals surface area contributed by atoms with Crippen molar-refractivity contribution in [3.05, 3.63) is 53.4 Å². The number of imidazole rings is 1. The first-order chi connectivity index (χ1) is 14.3. The average Bonchev–Trinajstić information content (AvgIpc) is 3.26. The number of amides is 1. The summed E-state index contributed by atoms with van der Waals surface area (Å²) < 4.78 is 3.89. The van der Waals surface area contributed by atoms with Crippen LogP contribution in [0.15, 0.2) is 30.7 Å². The summed E-state index contributed by atoms with van der Waals surface area (Å²) in [5, 5.41) is 10.9. The number of aromatic nitrogens is 4. The van der Waals surface area contributed by atoms with Crippen LogP contribution in [0.25, 0.3) is 5.52 Å². The van der Waals surface area contributed by atoms with Gasteiger partial charge in [-0.3, -0.25) is 14.4 Å². The van der Waals surface area contributed by atoms with E-state index >= 15 is 0 Å². The molecule has 0 aromatic carbocycles. The van der Waals surface area contributed by atoms with Gasteiger partial charge >= 0.3 is 0 Å². The Kier molecular flexibility index (Phi) is 5.38. The van der Waals surface area contributed by atoms with Gasteiger partial charge in [-0.05, 0) is 39.3 Å². The predicted octanol–water partition coefficient (Wildman–Crippen LogP) is 1.51. The van der Waals surface area contributed by atoms with Gasteiger partial charge in [-0.25, -0.2) is 4.98 Å². The molecule has 0 spiro atoms. The molecule has 30 heavy (non-hydrogen) atoms. The van der Waals surface area contributed by atoms with Crippen molar-refractivity contribution in [3.8, 4) is 0 Å². The van der Waals surface area contributed by atoms with Gasteiger partial charge in [0.1, 0.15) is 11.9 Å². The van der Waals surface area contributed by atoms with Crippen LogP contribution < -0.4 is 10.6 Å². The lowest BCUT2D eigenvalue weighted by molar-refractivity contribution is -0.129. The number of nitrogens with zero attached hydrogens (tertiary/aromatic N) is 5. The third-order valence-electron chi connectivity index (χ3n) is 5.84. The van der Waals surface area contributed by atoms with Gasteiger partial charge in [0.2, 0.25) is 5.91 Å². The smallest absolute Gasteiger partial charge is 0.239 e. The van der Waals surface area contributed by atoms with E-state index in [-0.39, 0.29) is 11.9 Å². The van der Waals surface area contributed by atoms with E-state index in [0.29, 0.717) is 13.1 Å². The Morgan fingerprint density at radius 3 is 2.90 bits per heavy atom. The highest BCUT2D eigenvalue weighted by Gasteiger charge is 2.35. The molecule has 0 bridgehead atoms. The van der Waals surface area contributed by atoms with Crippen molar-refractivity contribution in [1.29, 1.82) is 0 Å². The molecule has 0 aliphatic carbocycles. The first-order valence-electron chi connectivity index (χ1n) is 10.5. The number of carbonyl (C=O) groups excluding carboxylic acids is 1. The molecule has 160 valence electrons. The Morgan fingerprint density at radius 2 is 2.17 bits per heavy atom. The minimum absolute atomic E-state index is 0.0122. The standard InChI is InChI=1S/C22H31N7O/c1-15-7-6-9-29-19(15)16(2)25-21(29)22(3,4)26-20(30)18-12-23-8-10-28(18)14-17-11-24-27(5)13-17/h6-7,9,11,13,18,23H,8,10,12,14H2,1-5H3,(H,26,30)/t18-/m0/s1. The van der Waals surface area contributed by atoms with Gasteiger partial charge in [0.05, 0.1) is 22.9 Å². The molecule has 1 saturated heterocycles. The molecule has 0 radical (unpaired) electrons. The highest BCUT2D eigenvalue weighted by molar-refractivity contribution is 5.83. The monoisotopic (exact) mass is 409 g/mol. The molecule has 4 heterocycles. The van der Waals surface area contributed by atoms with Crippen molar-refractivity contribution >= 4 is 11.4 Å². The second kappa shape index (κ2) is 7.85. The van der Waals surface area contributed by atoms with Crippen molar-refractivity contribution < 1.29 is 4.79 Å². The molecule has 2 N–H and O–H groups in total. The van der Waals surface area contributed by atoms with Crippen molar-refractivity contribution in [2.24, 2.45) is 7.05 Å². The second-order valence-electron chi connectivity index (χ2n) is 8.76. The Bertz CT molecular complexity index is 1060. The number of rotatable bonds is 5. The van der Waals surface area contributed by atoms with E-state index in [9.17, 15) is 4.79 Å². The molecule has 8 heteroatoms. The second-order valence-corrected chi connectivity index (χ2v) is 8.76. The van der Waals surface area contributed by atoms with Crippen LogP contribution in [0.2, 0.25) is 0 Å². The van der Waals surface area contributed by atoms with E-state index in [4.69, 9.17) is 4.98 Å². The van der Waals surface area contributed by atoms with Gasteiger partial charge in [-0.2, -0.15) is 5.10 Å². The first kappa shape index (κ1) is 20.6. The number of pyridine rings is 1. The molecule has 0 saturated carbocycles. The summed E-state index contributed by atoms with van der Waals surface area (Å²) in [4.78, 5) is 20.4. The maximum atomic E-state index is 13.4. The molecule has 1 aliphatic rings. The topological polar surface area (TPSA) is 79.5 Å². The zero-order chi connectivity index (χ0) is 21.5. The van der Waals surface area contributed by atoms with Gasteiger partial charge in [-0.15, -0.1) is 0 Å². The SMILES string of the molecule is Cc1cccn2c(C(C)(C)NC(=O)[C@@H]3CNCCN3Cc3cnn(C)c3)nc(C)c12. The molecule has 1 amide bonds. The number of hydrogen-bond donors (Lipinski definition) is 2. The van der Waals surface area contributed by atoms with Gasteiger partial charge in [0.25, 0.3) is 0 Å². The summed E-state index contributed by atoms with van der Waals surface area (Å²) >= 11 is 0. The number of hydrogen-bond acceptors (Lipinski definition) is 5. The average molecular weight is 410 g/mol. The van der Waals surface area contributed by atoms with E-state index in [1.54, 1.807) is 4.68 Å². The van der Waals surface area contributed by atoms with Gasteiger partial charge in [0, 0.05) is 51.2 Å². The first-order valence-corrected chi connectivity index (χ1v) is 10.5. The summed E-state index contributed by atoms with van der Waals surface area (Å²) in [6.07, 6.45) is 5.88. The largest absolute Gasteiger partial charge is 0.343 e. The molecule has 1 fully saturated rings. The Morgan fingerprint density at radius 1 is 1.37 bits per heavy atom. The van der Waals surface area contributed by atoms with E-state index in [0.717, 1.165) is 35.7 Å². The van der Waals surface area contributed by atoms with Crippen LogP contribution in [-0.4, -0.2) is 55.6 Å². The summed E-state index contributed by atoms with van der Waals surface area (Å²) in [7, 11) is 1.91. The number of carbonyl (C=O) groups is 1. The van der Waals surface area contributed by atoms with Crippen LogP contribution in [0.4, 0.5) is 0 Å².